The summed E-state index contributed by atoms with van der Waals surface area (Å²) < 4.78 is 0. The third-order valence-electron chi connectivity index (χ3n) is 5.26. The average molecular weight is 328 g/mol. The summed E-state index contributed by atoms with van der Waals surface area (Å²) in [4.78, 5) is 11.7. The van der Waals surface area contributed by atoms with E-state index in [0.717, 1.165) is 19.3 Å². The number of hydroxylamine groups is 1. The fraction of sp³-hybridized carbons (Fsp3) is 0.950. The minimum Gasteiger partial charge on any atom is -0.289 e. The van der Waals surface area contributed by atoms with E-state index in [9.17, 15) is 4.79 Å². The largest absolute Gasteiger partial charge is 0.289 e. The highest BCUT2D eigenvalue weighted by Crippen LogP contribution is 2.28. The minimum atomic E-state index is -0.410. The second kappa shape index (κ2) is 15.0. The molecule has 0 spiro atoms. The third-order valence-corrected chi connectivity index (χ3v) is 5.26. The van der Waals surface area contributed by atoms with Crippen molar-refractivity contribution in [2.45, 2.75) is 117 Å². The van der Waals surface area contributed by atoms with Gasteiger partial charge in [0.25, 0.3) is 0 Å². The summed E-state index contributed by atoms with van der Waals surface area (Å²) in [5.74, 6) is -0.237. The summed E-state index contributed by atoms with van der Waals surface area (Å²) in [6, 6.07) is 0. The predicted molar refractivity (Wildman–Crippen MR) is 98.6 cm³/mol. The van der Waals surface area contributed by atoms with Crippen molar-refractivity contribution in [3.05, 3.63) is 0 Å². The van der Waals surface area contributed by atoms with Gasteiger partial charge in [0.05, 0.1) is 0 Å². The molecule has 2 N–H and O–H groups in total. The van der Waals surface area contributed by atoms with Crippen LogP contribution in [0, 0.1) is 5.41 Å². The fourth-order valence-electron chi connectivity index (χ4n) is 3.12. The first-order chi connectivity index (χ1) is 11.1. The maximum Gasteiger partial charge on any atom is 0.249 e. The number of amides is 1. The maximum absolute atomic E-state index is 11.7. The number of rotatable bonds is 16. The summed E-state index contributed by atoms with van der Waals surface area (Å²) in [6.45, 7) is 6.22. The van der Waals surface area contributed by atoms with Crippen molar-refractivity contribution in [2.24, 2.45) is 5.41 Å². The van der Waals surface area contributed by atoms with Crippen molar-refractivity contribution in [2.75, 3.05) is 0 Å². The van der Waals surface area contributed by atoms with Crippen LogP contribution in [-0.2, 0) is 4.79 Å². The maximum atomic E-state index is 11.7. The van der Waals surface area contributed by atoms with Crippen LogP contribution in [0.5, 0.6) is 0 Å². The number of hydrogen-bond donors (Lipinski definition) is 2. The molecule has 0 saturated carbocycles. The molecule has 0 aromatic heterocycles. The van der Waals surface area contributed by atoms with E-state index in [-0.39, 0.29) is 5.91 Å². The molecule has 0 fully saturated rings. The second-order valence-corrected chi connectivity index (χ2v) is 7.35. The normalized spacial score (nSPS) is 13.7. The van der Waals surface area contributed by atoms with Gasteiger partial charge in [-0.3, -0.25) is 10.0 Å². The molecule has 0 aromatic rings. The van der Waals surface area contributed by atoms with Crippen molar-refractivity contribution in [3.8, 4) is 0 Å². The summed E-state index contributed by atoms with van der Waals surface area (Å²) in [7, 11) is 0. The Morgan fingerprint density at radius 1 is 0.783 bits per heavy atom. The van der Waals surface area contributed by atoms with Crippen LogP contribution in [-0.4, -0.2) is 11.1 Å². The van der Waals surface area contributed by atoms with Crippen LogP contribution in [0.3, 0.4) is 0 Å². The van der Waals surface area contributed by atoms with E-state index < -0.39 is 5.41 Å². The van der Waals surface area contributed by atoms with Crippen LogP contribution in [0.4, 0.5) is 0 Å². The van der Waals surface area contributed by atoms with Crippen LogP contribution in [0.2, 0.25) is 0 Å². The van der Waals surface area contributed by atoms with Gasteiger partial charge in [0, 0.05) is 5.41 Å². The molecule has 3 nitrogen and oxygen atoms in total. The van der Waals surface area contributed by atoms with Crippen LogP contribution >= 0.6 is 0 Å². The predicted octanol–water partition coefficient (Wildman–Crippen LogP) is 6.39. The van der Waals surface area contributed by atoms with E-state index >= 15 is 0 Å². The molecule has 0 aliphatic rings. The molecule has 0 aromatic carbocycles. The van der Waals surface area contributed by atoms with Gasteiger partial charge in [0.1, 0.15) is 0 Å². The third kappa shape index (κ3) is 11.6. The van der Waals surface area contributed by atoms with E-state index in [1.54, 1.807) is 0 Å². The number of carbonyl (C=O) groups excluding carboxylic acids is 1. The first kappa shape index (κ1) is 22.4. The molecule has 1 unspecified atom stereocenters. The van der Waals surface area contributed by atoms with Crippen molar-refractivity contribution in [1.82, 2.24) is 5.48 Å². The van der Waals surface area contributed by atoms with Gasteiger partial charge < -0.3 is 0 Å². The SMILES string of the molecule is CCCCCCCCCCCCCCCC(C)(CC)C(=O)NO. The summed E-state index contributed by atoms with van der Waals surface area (Å²) in [5, 5.41) is 8.81. The molecule has 0 aliphatic heterocycles. The van der Waals surface area contributed by atoms with Crippen molar-refractivity contribution >= 4 is 5.91 Å². The van der Waals surface area contributed by atoms with Crippen molar-refractivity contribution < 1.29 is 10.0 Å². The first-order valence-corrected chi connectivity index (χ1v) is 10.0. The summed E-state index contributed by atoms with van der Waals surface area (Å²) in [5.41, 5.74) is 1.40. The van der Waals surface area contributed by atoms with Crippen LogP contribution in [0.1, 0.15) is 117 Å². The highest BCUT2D eigenvalue weighted by molar-refractivity contribution is 5.80. The molecule has 0 radical (unpaired) electrons. The van der Waals surface area contributed by atoms with Crippen LogP contribution in [0.25, 0.3) is 0 Å². The summed E-state index contributed by atoms with van der Waals surface area (Å²) in [6.07, 6.45) is 19.1. The van der Waals surface area contributed by atoms with E-state index in [0.29, 0.717) is 0 Å². The van der Waals surface area contributed by atoms with Gasteiger partial charge in [-0.1, -0.05) is 104 Å². The monoisotopic (exact) mass is 327 g/mol. The Labute approximate surface area is 144 Å². The van der Waals surface area contributed by atoms with Crippen LogP contribution in [0.15, 0.2) is 0 Å². The van der Waals surface area contributed by atoms with Gasteiger partial charge in [-0.15, -0.1) is 0 Å². The highest BCUT2D eigenvalue weighted by Gasteiger charge is 2.30. The second-order valence-electron chi connectivity index (χ2n) is 7.35. The Morgan fingerprint density at radius 2 is 1.17 bits per heavy atom. The fourth-order valence-corrected chi connectivity index (χ4v) is 3.12. The van der Waals surface area contributed by atoms with E-state index in [2.05, 4.69) is 6.92 Å². The number of carbonyl (C=O) groups is 1. The molecule has 1 atom stereocenters. The van der Waals surface area contributed by atoms with E-state index in [1.165, 1.54) is 77.0 Å². The lowest BCUT2D eigenvalue weighted by Crippen LogP contribution is -2.36. The zero-order valence-electron chi connectivity index (χ0n) is 16.0. The van der Waals surface area contributed by atoms with E-state index in [4.69, 9.17) is 5.21 Å². The first-order valence-electron chi connectivity index (χ1n) is 10.0. The van der Waals surface area contributed by atoms with Gasteiger partial charge in [-0.2, -0.15) is 0 Å². The number of nitrogens with one attached hydrogen (secondary N) is 1. The zero-order valence-corrected chi connectivity index (χ0v) is 16.0. The Kier molecular flexibility index (Phi) is 14.6. The van der Waals surface area contributed by atoms with Crippen molar-refractivity contribution in [3.63, 3.8) is 0 Å². The molecule has 0 saturated heterocycles. The molecule has 138 valence electrons. The van der Waals surface area contributed by atoms with Gasteiger partial charge in [-0.25, -0.2) is 5.48 Å². The zero-order chi connectivity index (χ0) is 17.4. The van der Waals surface area contributed by atoms with Crippen molar-refractivity contribution in [1.29, 1.82) is 0 Å². The highest BCUT2D eigenvalue weighted by atomic mass is 16.5. The Morgan fingerprint density at radius 3 is 1.52 bits per heavy atom. The Bertz CT molecular complexity index is 281. The van der Waals surface area contributed by atoms with Gasteiger partial charge in [0.15, 0.2) is 0 Å². The molecule has 0 rings (SSSR count). The molecule has 23 heavy (non-hydrogen) atoms. The quantitative estimate of drug-likeness (QED) is 0.196. The van der Waals surface area contributed by atoms with Gasteiger partial charge in [0.2, 0.25) is 5.91 Å². The lowest BCUT2D eigenvalue weighted by Gasteiger charge is -2.25. The van der Waals surface area contributed by atoms with Crippen LogP contribution < -0.4 is 5.48 Å². The molecular formula is C20H41NO2. The average Bonchev–Trinajstić information content (AvgIpc) is 2.57. The number of hydrogen-bond acceptors (Lipinski definition) is 2. The Hall–Kier alpha value is -0.570. The number of unbranched alkanes of at least 4 members (excludes halogenated alkanes) is 12. The summed E-state index contributed by atoms with van der Waals surface area (Å²) >= 11 is 0. The lowest BCUT2D eigenvalue weighted by atomic mass is 9.81. The Balaban J connectivity index is 3.38. The standard InChI is InChI=1S/C20H41NO2/c1-4-6-7-8-9-10-11-12-13-14-15-16-17-18-20(3,5-2)19(22)21-23/h23H,4-18H2,1-3H3,(H,21,22). The minimum absolute atomic E-state index is 0.237. The lowest BCUT2D eigenvalue weighted by molar-refractivity contribution is -0.139. The van der Waals surface area contributed by atoms with Gasteiger partial charge >= 0.3 is 0 Å². The molecule has 3 heteroatoms. The van der Waals surface area contributed by atoms with Gasteiger partial charge in [-0.05, 0) is 12.8 Å². The smallest absolute Gasteiger partial charge is 0.249 e. The van der Waals surface area contributed by atoms with E-state index in [1.807, 2.05) is 19.3 Å². The molecule has 0 heterocycles. The topological polar surface area (TPSA) is 49.3 Å². The molecule has 1 amide bonds. The molecular weight excluding hydrogens is 286 g/mol. The molecule has 0 bridgehead atoms. The molecule has 0 aliphatic carbocycles.